The zero-order valence-electron chi connectivity index (χ0n) is 9.53. The van der Waals surface area contributed by atoms with Gasteiger partial charge in [0.05, 0.1) is 13.0 Å². The van der Waals surface area contributed by atoms with Crippen molar-refractivity contribution in [3.05, 3.63) is 41.5 Å². The summed E-state index contributed by atoms with van der Waals surface area (Å²) < 4.78 is 4.79. The Hall–Kier alpha value is -1.57. The van der Waals surface area contributed by atoms with E-state index in [-0.39, 0.29) is 11.9 Å². The van der Waals surface area contributed by atoms with E-state index in [1.54, 1.807) is 0 Å². The van der Waals surface area contributed by atoms with E-state index in [0.29, 0.717) is 0 Å². The van der Waals surface area contributed by atoms with Crippen LogP contribution in [0.2, 0.25) is 0 Å². The predicted molar refractivity (Wildman–Crippen MR) is 64.1 cm³/mol. The molecule has 0 bridgehead atoms. The van der Waals surface area contributed by atoms with E-state index in [1.165, 1.54) is 18.2 Å². The van der Waals surface area contributed by atoms with Crippen LogP contribution in [-0.2, 0) is 22.4 Å². The number of rotatable bonds is 2. The van der Waals surface area contributed by atoms with Gasteiger partial charge in [0.2, 0.25) is 0 Å². The van der Waals surface area contributed by atoms with E-state index < -0.39 is 0 Å². The van der Waals surface area contributed by atoms with Crippen molar-refractivity contribution < 1.29 is 9.53 Å². The van der Waals surface area contributed by atoms with E-state index in [9.17, 15) is 4.79 Å². The molecule has 1 aromatic rings. The molecular weight excluding hydrogens is 200 g/mol. The Morgan fingerprint density at radius 3 is 3.00 bits per heavy atom. The fraction of sp³-hybridized carbons (Fsp3) is 0.357. The molecule has 0 saturated heterocycles. The summed E-state index contributed by atoms with van der Waals surface area (Å²) in [6, 6.07) is 6.31. The van der Waals surface area contributed by atoms with E-state index in [4.69, 9.17) is 4.74 Å². The quantitative estimate of drug-likeness (QED) is 0.710. The summed E-state index contributed by atoms with van der Waals surface area (Å²) in [6.07, 6.45) is 4.50. The maximum Gasteiger partial charge on any atom is 0.309 e. The fourth-order valence-electron chi connectivity index (χ4n) is 2.27. The number of fused-ring (bicyclic) bond motifs is 1. The smallest absolute Gasteiger partial charge is 0.309 e. The van der Waals surface area contributed by atoms with Crippen LogP contribution in [0.1, 0.15) is 23.1 Å². The maximum absolute atomic E-state index is 11.5. The minimum Gasteiger partial charge on any atom is -0.469 e. The van der Waals surface area contributed by atoms with Gasteiger partial charge in [0, 0.05) is 0 Å². The van der Waals surface area contributed by atoms with Crippen molar-refractivity contribution in [2.45, 2.75) is 19.3 Å². The molecule has 1 atom stereocenters. The first-order chi connectivity index (χ1) is 7.74. The molecule has 16 heavy (non-hydrogen) atoms. The molecule has 1 unspecified atom stereocenters. The maximum atomic E-state index is 11.5. The van der Waals surface area contributed by atoms with Crippen molar-refractivity contribution in [3.8, 4) is 0 Å². The molecule has 1 aliphatic carbocycles. The first-order valence-corrected chi connectivity index (χ1v) is 5.56. The molecule has 0 N–H and O–H groups in total. The molecule has 1 aliphatic rings. The Kier molecular flexibility index (Phi) is 3.09. The minimum absolute atomic E-state index is 0.0343. The number of hydrogen-bond acceptors (Lipinski definition) is 2. The average molecular weight is 216 g/mol. The fourth-order valence-corrected chi connectivity index (χ4v) is 2.27. The van der Waals surface area contributed by atoms with Crippen LogP contribution in [0.3, 0.4) is 0 Å². The summed E-state index contributed by atoms with van der Waals surface area (Å²) in [5, 5.41) is 0. The highest BCUT2D eigenvalue weighted by Crippen LogP contribution is 2.27. The molecule has 2 heteroatoms. The molecule has 0 saturated carbocycles. The summed E-state index contributed by atoms with van der Waals surface area (Å²) in [6.45, 7) is 3.76. The normalized spacial score (nSPS) is 18.7. The Balaban J connectivity index is 2.21. The Labute approximate surface area is 95.9 Å². The van der Waals surface area contributed by atoms with Gasteiger partial charge in [-0.05, 0) is 36.0 Å². The minimum atomic E-state index is -0.0848. The van der Waals surface area contributed by atoms with Crippen LogP contribution in [0.25, 0.3) is 6.08 Å². The third kappa shape index (κ3) is 2.01. The largest absolute Gasteiger partial charge is 0.469 e. The first-order valence-electron chi connectivity index (χ1n) is 5.56. The summed E-state index contributed by atoms with van der Waals surface area (Å²) in [4.78, 5) is 11.5. The lowest BCUT2D eigenvalue weighted by Gasteiger charge is -2.22. The summed E-state index contributed by atoms with van der Waals surface area (Å²) in [5.74, 6) is -0.0504. The van der Waals surface area contributed by atoms with Crippen LogP contribution >= 0.6 is 0 Å². The van der Waals surface area contributed by atoms with Gasteiger partial charge in [-0.2, -0.15) is 0 Å². The van der Waals surface area contributed by atoms with Gasteiger partial charge in [-0.1, -0.05) is 30.9 Å². The summed E-state index contributed by atoms with van der Waals surface area (Å²) in [7, 11) is 1.46. The highest BCUT2D eigenvalue weighted by atomic mass is 16.5. The predicted octanol–water partition coefficient (Wildman–Crippen LogP) is 2.61. The van der Waals surface area contributed by atoms with E-state index in [1.807, 2.05) is 12.1 Å². The molecular formula is C14H16O2. The number of carbonyl (C=O) groups is 1. The molecule has 0 aliphatic heterocycles. The third-order valence-corrected chi connectivity index (χ3v) is 3.23. The van der Waals surface area contributed by atoms with E-state index in [2.05, 4.69) is 18.7 Å². The van der Waals surface area contributed by atoms with Crippen molar-refractivity contribution in [1.82, 2.24) is 0 Å². The van der Waals surface area contributed by atoms with Gasteiger partial charge >= 0.3 is 5.97 Å². The van der Waals surface area contributed by atoms with E-state index in [0.717, 1.165) is 24.8 Å². The van der Waals surface area contributed by atoms with Gasteiger partial charge in [-0.15, -0.1) is 0 Å². The highest BCUT2D eigenvalue weighted by molar-refractivity contribution is 5.73. The number of benzene rings is 1. The van der Waals surface area contributed by atoms with Crippen molar-refractivity contribution >= 4 is 12.0 Å². The lowest BCUT2D eigenvalue weighted by atomic mass is 9.83. The lowest BCUT2D eigenvalue weighted by molar-refractivity contribution is -0.145. The van der Waals surface area contributed by atoms with Crippen LogP contribution < -0.4 is 0 Å². The lowest BCUT2D eigenvalue weighted by Crippen LogP contribution is -2.23. The molecule has 2 rings (SSSR count). The molecule has 0 spiro atoms. The van der Waals surface area contributed by atoms with Crippen molar-refractivity contribution in [2.75, 3.05) is 7.11 Å². The van der Waals surface area contributed by atoms with Gasteiger partial charge in [0.15, 0.2) is 0 Å². The average Bonchev–Trinajstić information content (AvgIpc) is 2.36. The van der Waals surface area contributed by atoms with Gasteiger partial charge in [0.25, 0.3) is 0 Å². The number of carbonyl (C=O) groups excluding carboxylic acids is 1. The molecule has 84 valence electrons. The van der Waals surface area contributed by atoms with Crippen molar-refractivity contribution in [1.29, 1.82) is 0 Å². The molecule has 0 heterocycles. The molecule has 0 fully saturated rings. The molecule has 0 amide bonds. The Morgan fingerprint density at radius 2 is 2.31 bits per heavy atom. The monoisotopic (exact) mass is 216 g/mol. The SMILES string of the molecule is C=Cc1ccc2c(c1)CCC(C(=O)OC)C2. The topological polar surface area (TPSA) is 26.3 Å². The first kappa shape index (κ1) is 10.9. The molecule has 1 aromatic carbocycles. The number of aryl methyl sites for hydroxylation is 1. The number of ether oxygens (including phenoxy) is 1. The van der Waals surface area contributed by atoms with Crippen molar-refractivity contribution in [2.24, 2.45) is 5.92 Å². The van der Waals surface area contributed by atoms with Crippen molar-refractivity contribution in [3.63, 3.8) is 0 Å². The number of hydrogen-bond donors (Lipinski definition) is 0. The van der Waals surface area contributed by atoms with Gasteiger partial charge in [-0.25, -0.2) is 0 Å². The Bertz CT molecular complexity index is 421. The van der Waals surface area contributed by atoms with Gasteiger partial charge in [-0.3, -0.25) is 4.79 Å². The second-order valence-corrected chi connectivity index (χ2v) is 4.20. The number of methoxy groups -OCH3 is 1. The summed E-state index contributed by atoms with van der Waals surface area (Å²) in [5.41, 5.74) is 3.76. The molecule has 2 nitrogen and oxygen atoms in total. The number of esters is 1. The van der Waals surface area contributed by atoms with E-state index >= 15 is 0 Å². The zero-order chi connectivity index (χ0) is 11.5. The second kappa shape index (κ2) is 4.52. The van der Waals surface area contributed by atoms with Crippen LogP contribution in [-0.4, -0.2) is 13.1 Å². The molecule has 0 radical (unpaired) electrons. The van der Waals surface area contributed by atoms with Gasteiger partial charge in [0.1, 0.15) is 0 Å². The van der Waals surface area contributed by atoms with Crippen LogP contribution in [0.5, 0.6) is 0 Å². The molecule has 0 aromatic heterocycles. The zero-order valence-corrected chi connectivity index (χ0v) is 9.53. The Morgan fingerprint density at radius 1 is 1.50 bits per heavy atom. The second-order valence-electron chi connectivity index (χ2n) is 4.20. The summed E-state index contributed by atoms with van der Waals surface area (Å²) >= 11 is 0. The standard InChI is InChI=1S/C14H16O2/c1-3-10-4-5-12-9-13(14(15)16-2)7-6-11(12)8-10/h3-5,8,13H,1,6-7,9H2,2H3. The van der Waals surface area contributed by atoms with Gasteiger partial charge < -0.3 is 4.74 Å². The van der Waals surface area contributed by atoms with Crippen LogP contribution in [0, 0.1) is 5.92 Å². The van der Waals surface area contributed by atoms with Crippen LogP contribution in [0.4, 0.5) is 0 Å². The van der Waals surface area contributed by atoms with Crippen LogP contribution in [0.15, 0.2) is 24.8 Å². The third-order valence-electron chi connectivity index (χ3n) is 3.23. The highest BCUT2D eigenvalue weighted by Gasteiger charge is 2.25.